The number of aromatic nitrogens is 3. The zero-order chi connectivity index (χ0) is 19.2. The van der Waals surface area contributed by atoms with Crippen molar-refractivity contribution in [1.29, 1.82) is 0 Å². The van der Waals surface area contributed by atoms with E-state index in [0.29, 0.717) is 31.9 Å². The molecule has 0 radical (unpaired) electrons. The van der Waals surface area contributed by atoms with Gasteiger partial charge in [0.15, 0.2) is 0 Å². The molecule has 3 rings (SSSR count). The second-order valence-electron chi connectivity index (χ2n) is 6.96. The lowest BCUT2D eigenvalue weighted by Crippen LogP contribution is -2.29. The van der Waals surface area contributed by atoms with E-state index >= 15 is 0 Å². The number of hydrogen-bond acceptors (Lipinski definition) is 7. The first kappa shape index (κ1) is 19.1. The van der Waals surface area contributed by atoms with Crippen molar-refractivity contribution in [3.8, 4) is 0 Å². The zero-order valence-corrected chi connectivity index (χ0v) is 16.3. The third kappa shape index (κ3) is 5.18. The first-order valence-electron chi connectivity index (χ1n) is 9.56. The van der Waals surface area contributed by atoms with Crippen molar-refractivity contribution in [2.75, 3.05) is 36.4 Å². The van der Waals surface area contributed by atoms with E-state index in [1.807, 2.05) is 26.8 Å². The Morgan fingerprint density at radius 2 is 1.96 bits per heavy atom. The van der Waals surface area contributed by atoms with Gasteiger partial charge in [0.25, 0.3) is 0 Å². The topological polar surface area (TPSA) is 96.2 Å². The van der Waals surface area contributed by atoms with Crippen molar-refractivity contribution < 1.29 is 9.32 Å². The number of carbonyl (C=O) groups excluding carboxylic acids is 1. The number of carbonyl (C=O) groups is 1. The molecule has 8 heteroatoms. The molecule has 1 saturated heterocycles. The number of rotatable bonds is 8. The summed E-state index contributed by atoms with van der Waals surface area (Å²) in [6.45, 7) is 8.95. The van der Waals surface area contributed by atoms with Gasteiger partial charge in [-0.05, 0) is 40.0 Å². The van der Waals surface area contributed by atoms with Gasteiger partial charge < -0.3 is 20.1 Å². The summed E-state index contributed by atoms with van der Waals surface area (Å²) in [5.41, 5.74) is 2.82. The molecule has 1 aliphatic rings. The Labute approximate surface area is 159 Å². The van der Waals surface area contributed by atoms with Crippen LogP contribution >= 0.6 is 0 Å². The van der Waals surface area contributed by atoms with Crippen LogP contribution in [0.5, 0.6) is 0 Å². The summed E-state index contributed by atoms with van der Waals surface area (Å²) in [6, 6.07) is 2.02. The molecule has 27 heavy (non-hydrogen) atoms. The largest absolute Gasteiger partial charge is 0.361 e. The summed E-state index contributed by atoms with van der Waals surface area (Å²) in [4.78, 5) is 23.3. The van der Waals surface area contributed by atoms with Crippen LogP contribution in [0.2, 0.25) is 0 Å². The van der Waals surface area contributed by atoms with E-state index in [4.69, 9.17) is 4.52 Å². The van der Waals surface area contributed by atoms with E-state index in [1.54, 1.807) is 0 Å². The van der Waals surface area contributed by atoms with Gasteiger partial charge in [-0.2, -0.15) is 4.98 Å². The maximum atomic E-state index is 12.0. The van der Waals surface area contributed by atoms with E-state index in [0.717, 1.165) is 41.6 Å². The maximum Gasteiger partial charge on any atom is 0.224 e. The average Bonchev–Trinajstić information content (AvgIpc) is 3.27. The van der Waals surface area contributed by atoms with E-state index in [2.05, 4.69) is 30.7 Å². The van der Waals surface area contributed by atoms with Gasteiger partial charge in [0.1, 0.15) is 11.6 Å². The second-order valence-corrected chi connectivity index (χ2v) is 6.96. The van der Waals surface area contributed by atoms with Crippen molar-refractivity contribution in [3.05, 3.63) is 28.8 Å². The van der Waals surface area contributed by atoms with Crippen LogP contribution in [0, 0.1) is 20.8 Å². The fourth-order valence-corrected chi connectivity index (χ4v) is 3.30. The van der Waals surface area contributed by atoms with Gasteiger partial charge >= 0.3 is 0 Å². The molecule has 1 aliphatic heterocycles. The third-order valence-corrected chi connectivity index (χ3v) is 4.78. The molecule has 0 saturated carbocycles. The molecule has 0 aromatic carbocycles. The molecule has 1 amide bonds. The van der Waals surface area contributed by atoms with E-state index in [9.17, 15) is 4.79 Å². The van der Waals surface area contributed by atoms with Crippen LogP contribution in [0.15, 0.2) is 10.6 Å². The summed E-state index contributed by atoms with van der Waals surface area (Å²) in [5.74, 6) is 2.39. The van der Waals surface area contributed by atoms with Crippen molar-refractivity contribution in [2.45, 2.75) is 46.5 Å². The van der Waals surface area contributed by atoms with Gasteiger partial charge in [-0.15, -0.1) is 0 Å². The molecule has 146 valence electrons. The van der Waals surface area contributed by atoms with Crippen LogP contribution in [0.25, 0.3) is 0 Å². The highest BCUT2D eigenvalue weighted by Crippen LogP contribution is 2.19. The van der Waals surface area contributed by atoms with Crippen LogP contribution in [-0.4, -0.2) is 47.2 Å². The second kappa shape index (κ2) is 8.83. The molecule has 2 aromatic heterocycles. The first-order chi connectivity index (χ1) is 13.0. The minimum atomic E-state index is 0.0136. The summed E-state index contributed by atoms with van der Waals surface area (Å²) in [6.07, 6.45) is 3.49. The van der Waals surface area contributed by atoms with Crippen molar-refractivity contribution in [1.82, 2.24) is 20.4 Å². The van der Waals surface area contributed by atoms with Crippen molar-refractivity contribution in [3.63, 3.8) is 0 Å². The molecule has 0 atom stereocenters. The highest BCUT2D eigenvalue weighted by Gasteiger charge is 2.15. The molecule has 1 fully saturated rings. The molecule has 0 spiro atoms. The van der Waals surface area contributed by atoms with Crippen LogP contribution < -0.4 is 15.5 Å². The molecule has 8 nitrogen and oxygen atoms in total. The predicted octanol–water partition coefficient (Wildman–Crippen LogP) is 2.15. The van der Waals surface area contributed by atoms with Gasteiger partial charge in [0, 0.05) is 49.9 Å². The van der Waals surface area contributed by atoms with Gasteiger partial charge in [-0.1, -0.05) is 5.16 Å². The summed E-state index contributed by atoms with van der Waals surface area (Å²) in [7, 11) is 0. The van der Waals surface area contributed by atoms with Gasteiger partial charge in [-0.3, -0.25) is 4.79 Å². The number of amides is 1. The molecular weight excluding hydrogens is 344 g/mol. The lowest BCUT2D eigenvalue weighted by Gasteiger charge is -2.17. The van der Waals surface area contributed by atoms with Gasteiger partial charge in [0.05, 0.1) is 5.69 Å². The van der Waals surface area contributed by atoms with E-state index in [-0.39, 0.29) is 5.91 Å². The van der Waals surface area contributed by atoms with Crippen LogP contribution in [0.4, 0.5) is 11.8 Å². The van der Waals surface area contributed by atoms with Crippen LogP contribution in [-0.2, 0) is 11.2 Å². The smallest absolute Gasteiger partial charge is 0.224 e. The molecular formula is C19H28N6O2. The predicted molar refractivity (Wildman–Crippen MR) is 104 cm³/mol. The summed E-state index contributed by atoms with van der Waals surface area (Å²) >= 11 is 0. The Morgan fingerprint density at radius 1 is 1.19 bits per heavy atom. The molecule has 3 heterocycles. The Balaban J connectivity index is 1.41. The normalized spacial score (nSPS) is 13.8. The number of anilines is 2. The lowest BCUT2D eigenvalue weighted by molar-refractivity contribution is -0.120. The molecule has 0 unspecified atom stereocenters. The molecule has 0 aliphatic carbocycles. The number of nitrogens with zero attached hydrogens (tertiary/aromatic N) is 4. The van der Waals surface area contributed by atoms with Gasteiger partial charge in [0.2, 0.25) is 11.9 Å². The third-order valence-electron chi connectivity index (χ3n) is 4.78. The highest BCUT2D eigenvalue weighted by molar-refractivity contribution is 5.76. The molecule has 2 aromatic rings. The van der Waals surface area contributed by atoms with Crippen molar-refractivity contribution >= 4 is 17.7 Å². The Morgan fingerprint density at radius 3 is 2.67 bits per heavy atom. The van der Waals surface area contributed by atoms with Gasteiger partial charge in [-0.25, -0.2) is 4.98 Å². The SMILES string of the molecule is Cc1cc(N2CCCC2)nc(NCCNC(=O)CCc2c(C)noc2C)n1. The number of aryl methyl sites for hydroxylation is 3. The average molecular weight is 372 g/mol. The fourth-order valence-electron chi connectivity index (χ4n) is 3.30. The minimum absolute atomic E-state index is 0.0136. The van der Waals surface area contributed by atoms with E-state index in [1.165, 1.54) is 12.8 Å². The fraction of sp³-hybridized carbons (Fsp3) is 0.579. The standard InChI is InChI=1S/C19H28N6O2/c1-13-12-17(25-10-4-5-11-25)23-19(22-13)21-9-8-20-18(26)7-6-16-14(2)24-27-15(16)3/h12H,4-11H2,1-3H3,(H,20,26)(H,21,22,23). The van der Waals surface area contributed by atoms with Crippen molar-refractivity contribution in [2.24, 2.45) is 0 Å². The van der Waals surface area contributed by atoms with Crippen LogP contribution in [0.3, 0.4) is 0 Å². The summed E-state index contributed by atoms with van der Waals surface area (Å²) < 4.78 is 5.12. The lowest BCUT2D eigenvalue weighted by atomic mass is 10.1. The Kier molecular flexibility index (Phi) is 6.26. The summed E-state index contributed by atoms with van der Waals surface area (Å²) in [5, 5.41) is 10.0. The molecule has 2 N–H and O–H groups in total. The minimum Gasteiger partial charge on any atom is -0.361 e. The number of hydrogen-bond donors (Lipinski definition) is 2. The first-order valence-corrected chi connectivity index (χ1v) is 9.56. The van der Waals surface area contributed by atoms with E-state index < -0.39 is 0 Å². The quantitative estimate of drug-likeness (QED) is 0.685. The molecule has 0 bridgehead atoms. The Hall–Kier alpha value is -2.64. The zero-order valence-electron chi connectivity index (χ0n) is 16.3. The Bertz CT molecular complexity index is 763. The highest BCUT2D eigenvalue weighted by atomic mass is 16.5. The van der Waals surface area contributed by atoms with Crippen LogP contribution in [0.1, 0.15) is 42.0 Å². The number of nitrogens with one attached hydrogen (secondary N) is 2. The maximum absolute atomic E-state index is 12.0. The monoisotopic (exact) mass is 372 g/mol.